The van der Waals surface area contributed by atoms with Gasteiger partial charge in [-0.15, -0.1) is 0 Å². The molecule has 0 saturated carbocycles. The molecule has 96 valence electrons. The van der Waals surface area contributed by atoms with Gasteiger partial charge in [0.25, 0.3) is 5.69 Å². The van der Waals surface area contributed by atoms with Crippen molar-refractivity contribution < 1.29 is 9.72 Å². The minimum Gasteiger partial charge on any atom is -0.399 e. The van der Waals surface area contributed by atoms with Crippen LogP contribution in [0.2, 0.25) is 0 Å². The van der Waals surface area contributed by atoms with E-state index < -0.39 is 4.92 Å². The number of nitrogen functional groups attached to an aromatic ring is 2. The van der Waals surface area contributed by atoms with Crippen LogP contribution < -0.4 is 11.5 Å². The van der Waals surface area contributed by atoms with Gasteiger partial charge in [0.05, 0.1) is 4.92 Å². The van der Waals surface area contributed by atoms with Gasteiger partial charge >= 0.3 is 0 Å². The maximum Gasteiger partial charge on any atom is 0.269 e. The highest BCUT2D eigenvalue weighted by molar-refractivity contribution is 6.12. The third kappa shape index (κ3) is 2.52. The Morgan fingerprint density at radius 3 is 2.26 bits per heavy atom. The van der Waals surface area contributed by atoms with E-state index in [-0.39, 0.29) is 17.0 Å². The van der Waals surface area contributed by atoms with Crippen LogP contribution in [0.25, 0.3) is 0 Å². The van der Waals surface area contributed by atoms with Crippen LogP contribution in [0.5, 0.6) is 0 Å². The summed E-state index contributed by atoms with van der Waals surface area (Å²) < 4.78 is 0. The zero-order chi connectivity index (χ0) is 14.0. The number of hydrogen-bond donors (Lipinski definition) is 2. The minimum absolute atomic E-state index is 0.0721. The van der Waals surface area contributed by atoms with E-state index in [1.807, 2.05) is 0 Å². The average Bonchev–Trinajstić information content (AvgIpc) is 2.41. The number of hydrogen-bond acceptors (Lipinski definition) is 5. The molecular formula is C13H11N3O3. The lowest BCUT2D eigenvalue weighted by Gasteiger charge is -2.05. The Labute approximate surface area is 108 Å². The summed E-state index contributed by atoms with van der Waals surface area (Å²) in [6, 6.07) is 9.96. The summed E-state index contributed by atoms with van der Waals surface area (Å²) in [5.41, 5.74) is 12.6. The lowest BCUT2D eigenvalue weighted by molar-refractivity contribution is -0.384. The summed E-state index contributed by atoms with van der Waals surface area (Å²) in [6.07, 6.45) is 0. The number of nitrogens with two attached hydrogens (primary N) is 2. The highest BCUT2D eigenvalue weighted by Crippen LogP contribution is 2.21. The van der Waals surface area contributed by atoms with Crippen LogP contribution in [-0.2, 0) is 0 Å². The van der Waals surface area contributed by atoms with Crippen molar-refractivity contribution in [3.8, 4) is 0 Å². The molecule has 0 aliphatic heterocycles. The van der Waals surface area contributed by atoms with Gasteiger partial charge in [0.1, 0.15) is 0 Å². The molecule has 0 aliphatic rings. The van der Waals surface area contributed by atoms with Crippen LogP contribution in [0.15, 0.2) is 42.5 Å². The highest BCUT2D eigenvalue weighted by atomic mass is 16.6. The predicted molar refractivity (Wildman–Crippen MR) is 71.8 cm³/mol. The summed E-state index contributed by atoms with van der Waals surface area (Å²) in [5.74, 6) is -0.320. The summed E-state index contributed by atoms with van der Waals surface area (Å²) >= 11 is 0. The maximum absolute atomic E-state index is 12.2. The number of benzene rings is 2. The first-order valence-corrected chi connectivity index (χ1v) is 5.43. The molecule has 0 heterocycles. The number of non-ortho nitro benzene ring substituents is 1. The Kier molecular flexibility index (Phi) is 3.15. The van der Waals surface area contributed by atoms with Gasteiger partial charge in [0, 0.05) is 34.6 Å². The number of carbonyl (C=O) groups is 1. The average molecular weight is 257 g/mol. The second-order valence-corrected chi connectivity index (χ2v) is 3.98. The van der Waals surface area contributed by atoms with E-state index in [0.29, 0.717) is 16.9 Å². The Hall–Kier alpha value is -2.89. The Morgan fingerprint density at radius 1 is 1.05 bits per heavy atom. The smallest absolute Gasteiger partial charge is 0.269 e. The molecular weight excluding hydrogens is 246 g/mol. The zero-order valence-corrected chi connectivity index (χ0v) is 9.87. The second kappa shape index (κ2) is 4.77. The fraction of sp³-hybridized carbons (Fsp3) is 0. The Morgan fingerprint density at radius 2 is 1.68 bits per heavy atom. The highest BCUT2D eigenvalue weighted by Gasteiger charge is 2.14. The molecule has 0 amide bonds. The monoisotopic (exact) mass is 257 g/mol. The molecule has 0 fully saturated rings. The van der Waals surface area contributed by atoms with E-state index in [4.69, 9.17) is 11.5 Å². The fourth-order valence-corrected chi connectivity index (χ4v) is 1.66. The van der Waals surface area contributed by atoms with Gasteiger partial charge in [0.15, 0.2) is 5.78 Å². The predicted octanol–water partition coefficient (Wildman–Crippen LogP) is 1.99. The molecule has 0 unspecified atom stereocenters. The number of nitro benzene ring substituents is 1. The SMILES string of the molecule is Nc1ccc(N)c(C(=O)c2ccc([N+](=O)[O-])cc2)c1. The standard InChI is InChI=1S/C13H11N3O3/c14-9-3-6-12(15)11(7-9)13(17)8-1-4-10(5-2-8)16(18)19/h1-7H,14-15H2. The van der Waals surface area contributed by atoms with Gasteiger partial charge in [-0.05, 0) is 30.3 Å². The molecule has 2 aromatic carbocycles. The first-order chi connectivity index (χ1) is 8.99. The molecule has 4 N–H and O–H groups in total. The topological polar surface area (TPSA) is 112 Å². The minimum atomic E-state index is -0.525. The molecule has 19 heavy (non-hydrogen) atoms. The molecule has 0 bridgehead atoms. The molecule has 0 aliphatic carbocycles. The second-order valence-electron chi connectivity index (χ2n) is 3.98. The van der Waals surface area contributed by atoms with Crippen LogP contribution in [0.1, 0.15) is 15.9 Å². The van der Waals surface area contributed by atoms with Crippen LogP contribution in [0.3, 0.4) is 0 Å². The lowest BCUT2D eigenvalue weighted by Crippen LogP contribution is -2.06. The summed E-state index contributed by atoms with van der Waals surface area (Å²) in [7, 11) is 0. The molecule has 0 atom stereocenters. The van der Waals surface area contributed by atoms with E-state index in [9.17, 15) is 14.9 Å². The largest absolute Gasteiger partial charge is 0.399 e. The Balaban J connectivity index is 2.38. The van der Waals surface area contributed by atoms with Crippen molar-refractivity contribution >= 4 is 22.8 Å². The van der Waals surface area contributed by atoms with Gasteiger partial charge in [0.2, 0.25) is 0 Å². The maximum atomic E-state index is 12.2. The van der Waals surface area contributed by atoms with Crippen LogP contribution in [-0.4, -0.2) is 10.7 Å². The van der Waals surface area contributed by atoms with Crippen molar-refractivity contribution in [1.82, 2.24) is 0 Å². The lowest BCUT2D eigenvalue weighted by atomic mass is 10.0. The number of nitrogens with zero attached hydrogens (tertiary/aromatic N) is 1. The van der Waals surface area contributed by atoms with Crippen molar-refractivity contribution in [2.75, 3.05) is 11.5 Å². The molecule has 6 heteroatoms. The quantitative estimate of drug-likeness (QED) is 0.378. The van der Waals surface area contributed by atoms with Crippen LogP contribution in [0.4, 0.5) is 17.1 Å². The van der Waals surface area contributed by atoms with Crippen molar-refractivity contribution in [2.45, 2.75) is 0 Å². The summed E-state index contributed by atoms with van der Waals surface area (Å²) in [4.78, 5) is 22.2. The number of ketones is 1. The number of rotatable bonds is 3. The number of nitro groups is 1. The first kappa shape index (κ1) is 12.6. The van der Waals surface area contributed by atoms with Crippen molar-refractivity contribution in [3.63, 3.8) is 0 Å². The van der Waals surface area contributed by atoms with Gasteiger partial charge in [-0.25, -0.2) is 0 Å². The van der Waals surface area contributed by atoms with E-state index >= 15 is 0 Å². The third-order valence-electron chi connectivity index (χ3n) is 2.66. The molecule has 2 rings (SSSR count). The van der Waals surface area contributed by atoms with Crippen molar-refractivity contribution in [2.24, 2.45) is 0 Å². The molecule has 0 spiro atoms. The molecule has 0 saturated heterocycles. The van der Waals surface area contributed by atoms with E-state index in [0.717, 1.165) is 0 Å². The first-order valence-electron chi connectivity index (χ1n) is 5.43. The molecule has 0 aromatic heterocycles. The van der Waals surface area contributed by atoms with Crippen LogP contribution >= 0.6 is 0 Å². The van der Waals surface area contributed by atoms with E-state index in [1.54, 1.807) is 12.1 Å². The van der Waals surface area contributed by atoms with Crippen LogP contribution in [0, 0.1) is 10.1 Å². The van der Waals surface area contributed by atoms with E-state index in [1.165, 1.54) is 30.3 Å². The Bertz CT molecular complexity index is 651. The van der Waals surface area contributed by atoms with E-state index in [2.05, 4.69) is 0 Å². The fourth-order valence-electron chi connectivity index (χ4n) is 1.66. The van der Waals surface area contributed by atoms with Gasteiger partial charge in [-0.3, -0.25) is 14.9 Å². The number of anilines is 2. The zero-order valence-electron chi connectivity index (χ0n) is 9.87. The van der Waals surface area contributed by atoms with Gasteiger partial charge < -0.3 is 11.5 Å². The van der Waals surface area contributed by atoms with Crippen molar-refractivity contribution in [1.29, 1.82) is 0 Å². The third-order valence-corrected chi connectivity index (χ3v) is 2.66. The molecule has 2 aromatic rings. The normalized spacial score (nSPS) is 10.1. The van der Waals surface area contributed by atoms with Crippen molar-refractivity contribution in [3.05, 3.63) is 63.7 Å². The molecule has 0 radical (unpaired) electrons. The number of carbonyl (C=O) groups excluding carboxylic acids is 1. The van der Waals surface area contributed by atoms with Gasteiger partial charge in [-0.1, -0.05) is 0 Å². The molecule has 6 nitrogen and oxygen atoms in total. The summed E-state index contributed by atoms with van der Waals surface area (Å²) in [5, 5.41) is 10.5. The van der Waals surface area contributed by atoms with Gasteiger partial charge in [-0.2, -0.15) is 0 Å². The summed E-state index contributed by atoms with van der Waals surface area (Å²) in [6.45, 7) is 0.